The van der Waals surface area contributed by atoms with Gasteiger partial charge in [-0.15, -0.1) is 0 Å². The summed E-state index contributed by atoms with van der Waals surface area (Å²) < 4.78 is 25.2. The van der Waals surface area contributed by atoms with Gasteiger partial charge in [0.15, 0.2) is 0 Å². The van der Waals surface area contributed by atoms with Crippen LogP contribution in [0.4, 0.5) is 5.69 Å². The van der Waals surface area contributed by atoms with Gasteiger partial charge in [0.2, 0.25) is 9.84 Å². The summed E-state index contributed by atoms with van der Waals surface area (Å²) in [5.41, 5.74) is 1.48. The molecular weight excluding hydrogens is 246 g/mol. The number of sulfone groups is 1. The molecule has 0 saturated heterocycles. The van der Waals surface area contributed by atoms with E-state index in [0.29, 0.717) is 15.5 Å². The molecule has 0 fully saturated rings. The topological polar surface area (TPSA) is 46.2 Å². The maximum atomic E-state index is 12.6. The first-order chi connectivity index (χ1) is 8.60. The van der Waals surface area contributed by atoms with Crippen molar-refractivity contribution < 1.29 is 8.42 Å². The summed E-state index contributed by atoms with van der Waals surface area (Å²) in [4.78, 5) is 0.747. The van der Waals surface area contributed by atoms with E-state index >= 15 is 0 Å². The molecule has 0 radical (unpaired) electrons. The lowest BCUT2D eigenvalue weighted by atomic mass is 10.1. The summed E-state index contributed by atoms with van der Waals surface area (Å²) >= 11 is 0. The van der Waals surface area contributed by atoms with Gasteiger partial charge in [-0.25, -0.2) is 8.42 Å². The molecule has 3 rings (SSSR count). The van der Waals surface area contributed by atoms with E-state index in [-0.39, 0.29) is 6.04 Å². The Bertz CT molecular complexity index is 707. The van der Waals surface area contributed by atoms with Gasteiger partial charge in [0.05, 0.1) is 15.5 Å². The monoisotopic (exact) mass is 259 g/mol. The lowest BCUT2D eigenvalue weighted by Crippen LogP contribution is -2.06. The van der Waals surface area contributed by atoms with Crippen LogP contribution in [-0.2, 0) is 9.84 Å². The van der Waals surface area contributed by atoms with Crippen LogP contribution in [0.3, 0.4) is 0 Å². The normalized spacial score (nSPS) is 20.2. The maximum absolute atomic E-state index is 12.6. The van der Waals surface area contributed by atoms with Crippen molar-refractivity contribution in [3.05, 3.63) is 54.1 Å². The molecule has 0 aromatic heterocycles. The first-order valence-corrected chi connectivity index (χ1v) is 7.28. The molecule has 0 saturated carbocycles. The fourth-order valence-corrected chi connectivity index (χ4v) is 4.06. The van der Waals surface area contributed by atoms with Gasteiger partial charge >= 0.3 is 0 Å². The van der Waals surface area contributed by atoms with Gasteiger partial charge in [-0.05, 0) is 30.7 Å². The number of benzene rings is 2. The molecule has 2 aromatic carbocycles. The predicted molar refractivity (Wildman–Crippen MR) is 70.4 cm³/mol. The number of fused-ring (bicyclic) bond motifs is 2. The number of para-hydroxylation sites is 1. The van der Waals surface area contributed by atoms with Crippen LogP contribution in [0.1, 0.15) is 18.5 Å². The molecule has 0 spiro atoms. The van der Waals surface area contributed by atoms with Crippen LogP contribution in [0.15, 0.2) is 58.3 Å². The summed E-state index contributed by atoms with van der Waals surface area (Å²) in [5.74, 6) is 0. The second-order valence-corrected chi connectivity index (χ2v) is 6.29. The van der Waals surface area contributed by atoms with E-state index in [1.807, 2.05) is 25.1 Å². The van der Waals surface area contributed by atoms with E-state index < -0.39 is 9.84 Å². The van der Waals surface area contributed by atoms with E-state index in [2.05, 4.69) is 5.32 Å². The summed E-state index contributed by atoms with van der Waals surface area (Å²) in [6, 6.07) is 14.2. The maximum Gasteiger partial charge on any atom is 0.208 e. The molecular formula is C14H13NO2S. The molecule has 4 heteroatoms. The largest absolute Gasteiger partial charge is 0.377 e. The van der Waals surface area contributed by atoms with Crippen LogP contribution in [0, 0.1) is 0 Å². The predicted octanol–water partition coefficient (Wildman–Crippen LogP) is 3.01. The quantitative estimate of drug-likeness (QED) is 0.791. The highest BCUT2D eigenvalue weighted by molar-refractivity contribution is 7.91. The SMILES string of the molecule is CC1Nc2ccccc2S(=O)(=O)c2ccccc21. The molecule has 1 N–H and O–H groups in total. The third-order valence-electron chi connectivity index (χ3n) is 3.22. The third kappa shape index (κ3) is 1.53. The third-order valence-corrected chi connectivity index (χ3v) is 5.11. The summed E-state index contributed by atoms with van der Waals surface area (Å²) in [5, 5.41) is 3.25. The molecule has 0 amide bonds. The van der Waals surface area contributed by atoms with Gasteiger partial charge in [-0.2, -0.15) is 0 Å². The molecule has 18 heavy (non-hydrogen) atoms. The highest BCUT2D eigenvalue weighted by atomic mass is 32.2. The first-order valence-electron chi connectivity index (χ1n) is 5.80. The van der Waals surface area contributed by atoms with Crippen molar-refractivity contribution in [2.24, 2.45) is 0 Å². The first kappa shape index (κ1) is 11.3. The van der Waals surface area contributed by atoms with E-state index in [1.54, 1.807) is 30.3 Å². The smallest absolute Gasteiger partial charge is 0.208 e. The Labute approximate surface area is 106 Å². The van der Waals surface area contributed by atoms with Crippen molar-refractivity contribution in [2.75, 3.05) is 5.32 Å². The standard InChI is InChI=1S/C14H13NO2S/c1-10-11-6-2-4-8-13(11)18(16,17)14-9-5-3-7-12(14)15-10/h2-10,15H,1H3. The van der Waals surface area contributed by atoms with Gasteiger partial charge in [-0.1, -0.05) is 30.3 Å². The number of hydrogen-bond acceptors (Lipinski definition) is 3. The van der Waals surface area contributed by atoms with Gasteiger partial charge in [0.25, 0.3) is 0 Å². The second kappa shape index (κ2) is 3.85. The van der Waals surface area contributed by atoms with E-state index in [4.69, 9.17) is 0 Å². The van der Waals surface area contributed by atoms with Crippen molar-refractivity contribution >= 4 is 15.5 Å². The van der Waals surface area contributed by atoms with Crippen molar-refractivity contribution in [3.8, 4) is 0 Å². The summed E-state index contributed by atoms with van der Waals surface area (Å²) in [6.45, 7) is 1.97. The molecule has 92 valence electrons. The molecule has 2 aromatic rings. The minimum atomic E-state index is -3.43. The van der Waals surface area contributed by atoms with Gasteiger partial charge in [0, 0.05) is 6.04 Å². The minimum Gasteiger partial charge on any atom is -0.377 e. The number of anilines is 1. The Morgan fingerprint density at radius 1 is 0.944 bits per heavy atom. The lowest BCUT2D eigenvalue weighted by molar-refractivity contribution is 0.596. The van der Waals surface area contributed by atoms with Crippen LogP contribution < -0.4 is 5.32 Å². The Kier molecular flexibility index (Phi) is 2.41. The minimum absolute atomic E-state index is 0.0281. The van der Waals surface area contributed by atoms with E-state index in [1.165, 1.54) is 0 Å². The van der Waals surface area contributed by atoms with Crippen molar-refractivity contribution in [1.29, 1.82) is 0 Å². The van der Waals surface area contributed by atoms with Crippen molar-refractivity contribution in [1.82, 2.24) is 0 Å². The average molecular weight is 259 g/mol. The molecule has 0 bridgehead atoms. The second-order valence-electron chi connectivity index (χ2n) is 4.40. The Morgan fingerprint density at radius 3 is 2.33 bits per heavy atom. The van der Waals surface area contributed by atoms with Crippen molar-refractivity contribution in [2.45, 2.75) is 22.8 Å². The lowest BCUT2D eigenvalue weighted by Gasteiger charge is -2.13. The molecule has 1 aliphatic rings. The van der Waals surface area contributed by atoms with Crippen LogP contribution in [0.25, 0.3) is 0 Å². The zero-order valence-electron chi connectivity index (χ0n) is 9.92. The molecule has 3 nitrogen and oxygen atoms in total. The zero-order chi connectivity index (χ0) is 12.8. The fraction of sp³-hybridized carbons (Fsp3) is 0.143. The van der Waals surface area contributed by atoms with Gasteiger partial charge in [-0.3, -0.25) is 0 Å². The Morgan fingerprint density at radius 2 is 1.56 bits per heavy atom. The highest BCUT2D eigenvalue weighted by Crippen LogP contribution is 2.37. The summed E-state index contributed by atoms with van der Waals surface area (Å²) in [6.07, 6.45) is 0. The highest BCUT2D eigenvalue weighted by Gasteiger charge is 2.29. The number of hydrogen-bond donors (Lipinski definition) is 1. The molecule has 1 aliphatic heterocycles. The molecule has 1 heterocycles. The van der Waals surface area contributed by atoms with E-state index in [0.717, 1.165) is 5.56 Å². The van der Waals surface area contributed by atoms with Gasteiger partial charge in [0.1, 0.15) is 0 Å². The fourth-order valence-electron chi connectivity index (χ4n) is 2.33. The van der Waals surface area contributed by atoms with Crippen LogP contribution in [0.2, 0.25) is 0 Å². The van der Waals surface area contributed by atoms with Crippen molar-refractivity contribution in [3.63, 3.8) is 0 Å². The molecule has 1 unspecified atom stereocenters. The summed E-state index contributed by atoms with van der Waals surface area (Å²) in [7, 11) is -3.43. The van der Waals surface area contributed by atoms with Crippen LogP contribution in [0.5, 0.6) is 0 Å². The number of nitrogens with one attached hydrogen (secondary N) is 1. The Hall–Kier alpha value is -1.81. The molecule has 0 aliphatic carbocycles. The van der Waals surface area contributed by atoms with Crippen LogP contribution >= 0.6 is 0 Å². The number of rotatable bonds is 0. The van der Waals surface area contributed by atoms with Gasteiger partial charge < -0.3 is 5.32 Å². The van der Waals surface area contributed by atoms with Crippen LogP contribution in [-0.4, -0.2) is 8.42 Å². The average Bonchev–Trinajstić information content (AvgIpc) is 2.46. The molecule has 1 atom stereocenters. The zero-order valence-corrected chi connectivity index (χ0v) is 10.7. The Balaban J connectivity index is 2.39. The van der Waals surface area contributed by atoms with E-state index in [9.17, 15) is 8.42 Å².